The number of carboxylic acids is 2. The number of carboxylic acid groups (broad SMARTS) is 2. The fourth-order valence-electron chi connectivity index (χ4n) is 3.90. The Labute approximate surface area is 213 Å². The fourth-order valence-corrected chi connectivity index (χ4v) is 3.90. The summed E-state index contributed by atoms with van der Waals surface area (Å²) < 4.78 is 43.8. The molecule has 0 atom stereocenters. The molecule has 0 radical (unpaired) electrons. The van der Waals surface area contributed by atoms with E-state index in [1.165, 1.54) is 12.1 Å². The molecule has 2 fully saturated rings. The second-order valence-electron chi connectivity index (χ2n) is 8.41. The molecular weight excluding hydrogens is 497 g/mol. The van der Waals surface area contributed by atoms with Crippen molar-refractivity contribution in [1.82, 2.24) is 14.7 Å². The number of anilines is 1. The third-order valence-corrected chi connectivity index (χ3v) is 5.91. The molecule has 0 unspecified atom stereocenters. The normalized spacial score (nSPS) is 17.3. The van der Waals surface area contributed by atoms with Crippen LogP contribution in [0.4, 0.5) is 23.7 Å². The quantitative estimate of drug-likeness (QED) is 0.513. The van der Waals surface area contributed by atoms with E-state index < -0.39 is 23.7 Å². The predicted molar refractivity (Wildman–Crippen MR) is 130 cm³/mol. The lowest BCUT2D eigenvalue weighted by Crippen LogP contribution is -2.52. The maximum absolute atomic E-state index is 12.9. The highest BCUT2D eigenvalue weighted by atomic mass is 19.4. The molecule has 1 aromatic rings. The number of piperazine rings is 2. The number of aliphatic carboxylic acids is 2. The van der Waals surface area contributed by atoms with Crippen LogP contribution in [0.3, 0.4) is 0 Å². The summed E-state index contributed by atoms with van der Waals surface area (Å²) in [7, 11) is 0. The number of halogens is 3. The van der Waals surface area contributed by atoms with Gasteiger partial charge in [-0.1, -0.05) is 6.07 Å². The molecule has 0 bridgehead atoms. The van der Waals surface area contributed by atoms with Crippen LogP contribution >= 0.6 is 0 Å². The van der Waals surface area contributed by atoms with Gasteiger partial charge in [0.05, 0.1) is 12.2 Å². The Hall–Kier alpha value is -3.32. The van der Waals surface area contributed by atoms with E-state index in [-0.39, 0.29) is 6.09 Å². The number of hydrogen-bond donors (Lipinski definition) is 2. The van der Waals surface area contributed by atoms with Crippen molar-refractivity contribution < 1.29 is 42.5 Å². The van der Waals surface area contributed by atoms with E-state index in [0.717, 1.165) is 58.4 Å². The average Bonchev–Trinajstić information content (AvgIpc) is 2.87. The van der Waals surface area contributed by atoms with Gasteiger partial charge in [-0.2, -0.15) is 13.2 Å². The lowest BCUT2D eigenvalue weighted by Gasteiger charge is -2.38. The number of hydrogen-bond acceptors (Lipinski definition) is 7. The molecule has 1 aromatic carbocycles. The standard InChI is InChI=1S/C20H29F3N4O2.C4H4O4/c1-2-29-19(28)27-14-10-25(11-15-27)7-6-24-8-12-26(13-9-24)18-5-3-4-17(16-18)20(21,22)23;5-3(6)1-2-4(7)8/h3-5,16H,2,6-15H2,1H3;1-2H,(H,5,6)(H,7,8)/b;2-1+. The number of nitrogens with zero attached hydrogens (tertiary/aromatic N) is 4. The highest BCUT2D eigenvalue weighted by Crippen LogP contribution is 2.31. The van der Waals surface area contributed by atoms with Crippen LogP contribution in [0, 0.1) is 0 Å². The monoisotopic (exact) mass is 530 g/mol. The van der Waals surface area contributed by atoms with Crippen LogP contribution < -0.4 is 4.90 Å². The molecule has 0 spiro atoms. The highest BCUT2D eigenvalue weighted by Gasteiger charge is 2.31. The lowest BCUT2D eigenvalue weighted by atomic mass is 10.1. The van der Waals surface area contributed by atoms with E-state index >= 15 is 0 Å². The molecule has 3 rings (SSSR count). The Morgan fingerprint density at radius 3 is 1.86 bits per heavy atom. The number of alkyl halides is 3. The molecule has 0 aromatic heterocycles. The molecule has 10 nitrogen and oxygen atoms in total. The first-order valence-corrected chi connectivity index (χ1v) is 11.9. The molecule has 2 heterocycles. The summed E-state index contributed by atoms with van der Waals surface area (Å²) in [5, 5.41) is 15.6. The van der Waals surface area contributed by atoms with Crippen molar-refractivity contribution in [2.45, 2.75) is 13.1 Å². The number of rotatable bonds is 7. The molecule has 0 aliphatic carbocycles. The second kappa shape index (κ2) is 14.4. The van der Waals surface area contributed by atoms with Gasteiger partial charge in [-0.3, -0.25) is 9.80 Å². The molecule has 2 N–H and O–H groups in total. The van der Waals surface area contributed by atoms with Crippen molar-refractivity contribution in [3.8, 4) is 0 Å². The summed E-state index contributed by atoms with van der Waals surface area (Å²) in [5.74, 6) is -2.51. The fraction of sp³-hybridized carbons (Fsp3) is 0.542. The van der Waals surface area contributed by atoms with Crippen LogP contribution in [0.25, 0.3) is 0 Å². The van der Waals surface area contributed by atoms with Crippen molar-refractivity contribution in [1.29, 1.82) is 0 Å². The first-order chi connectivity index (χ1) is 17.5. The van der Waals surface area contributed by atoms with Crippen molar-refractivity contribution >= 4 is 23.7 Å². The van der Waals surface area contributed by atoms with E-state index in [2.05, 4.69) is 9.80 Å². The van der Waals surface area contributed by atoms with Crippen molar-refractivity contribution in [2.75, 3.05) is 77.0 Å². The Balaban J connectivity index is 0.000000521. The summed E-state index contributed by atoms with van der Waals surface area (Å²) in [6.45, 7) is 10.2. The Bertz CT molecular complexity index is 911. The number of carbonyl (C=O) groups is 3. The van der Waals surface area contributed by atoms with Crippen LogP contribution in [0.5, 0.6) is 0 Å². The number of ether oxygens (including phenoxy) is 1. The summed E-state index contributed by atoms with van der Waals surface area (Å²) in [6.07, 6.45) is -3.43. The van der Waals surface area contributed by atoms with Crippen LogP contribution in [0.2, 0.25) is 0 Å². The van der Waals surface area contributed by atoms with E-state index in [0.29, 0.717) is 37.5 Å². The van der Waals surface area contributed by atoms with E-state index in [4.69, 9.17) is 14.9 Å². The average molecular weight is 531 g/mol. The molecule has 2 aliphatic heterocycles. The number of benzene rings is 1. The number of amides is 1. The third kappa shape index (κ3) is 10.7. The topological polar surface area (TPSA) is 114 Å². The molecule has 0 saturated carbocycles. The van der Waals surface area contributed by atoms with Gasteiger partial charge >= 0.3 is 24.2 Å². The zero-order valence-corrected chi connectivity index (χ0v) is 20.7. The first kappa shape index (κ1) is 29.9. The van der Waals surface area contributed by atoms with Gasteiger partial charge < -0.3 is 24.7 Å². The molecular formula is C24H33F3N4O6. The maximum atomic E-state index is 12.9. The van der Waals surface area contributed by atoms with Crippen molar-refractivity contribution in [2.24, 2.45) is 0 Å². The second-order valence-corrected chi connectivity index (χ2v) is 8.41. The molecule has 206 valence electrons. The molecule has 37 heavy (non-hydrogen) atoms. The minimum Gasteiger partial charge on any atom is -0.478 e. The smallest absolute Gasteiger partial charge is 0.416 e. The van der Waals surface area contributed by atoms with Gasteiger partial charge in [0.15, 0.2) is 0 Å². The minimum absolute atomic E-state index is 0.238. The first-order valence-electron chi connectivity index (χ1n) is 11.9. The summed E-state index contributed by atoms with van der Waals surface area (Å²) in [6, 6.07) is 5.56. The van der Waals surface area contributed by atoms with Gasteiger partial charge in [-0.15, -0.1) is 0 Å². The van der Waals surface area contributed by atoms with Crippen LogP contribution in [0.1, 0.15) is 12.5 Å². The summed E-state index contributed by atoms with van der Waals surface area (Å²) >= 11 is 0. The Morgan fingerprint density at radius 1 is 0.892 bits per heavy atom. The minimum atomic E-state index is -4.31. The predicted octanol–water partition coefficient (Wildman–Crippen LogP) is 2.31. The summed E-state index contributed by atoms with van der Waals surface area (Å²) in [5.41, 5.74) is 0.0361. The molecule has 13 heteroatoms. The number of carbonyl (C=O) groups excluding carboxylic acids is 1. The molecule has 1 amide bonds. The van der Waals surface area contributed by atoms with Gasteiger partial charge in [0.25, 0.3) is 0 Å². The van der Waals surface area contributed by atoms with E-state index in [1.54, 1.807) is 17.9 Å². The Morgan fingerprint density at radius 2 is 1.41 bits per heavy atom. The Kier molecular flexibility index (Phi) is 11.7. The maximum Gasteiger partial charge on any atom is 0.416 e. The zero-order valence-electron chi connectivity index (χ0n) is 20.7. The van der Waals surface area contributed by atoms with Gasteiger partial charge in [-0.05, 0) is 25.1 Å². The highest BCUT2D eigenvalue weighted by molar-refractivity contribution is 5.89. The van der Waals surface area contributed by atoms with Gasteiger partial charge in [0.2, 0.25) is 0 Å². The lowest BCUT2D eigenvalue weighted by molar-refractivity contribution is -0.137. The van der Waals surface area contributed by atoms with Crippen molar-refractivity contribution in [3.05, 3.63) is 42.0 Å². The largest absolute Gasteiger partial charge is 0.478 e. The third-order valence-electron chi connectivity index (χ3n) is 5.91. The van der Waals surface area contributed by atoms with Crippen LogP contribution in [-0.2, 0) is 20.5 Å². The molecule has 2 aliphatic rings. The van der Waals surface area contributed by atoms with E-state index in [9.17, 15) is 27.6 Å². The van der Waals surface area contributed by atoms with E-state index in [1.807, 2.05) is 4.90 Å². The SMILES string of the molecule is CCOC(=O)N1CCN(CCN2CCN(c3cccc(C(F)(F)F)c3)CC2)CC1.O=C(O)/C=C/C(=O)O. The van der Waals surface area contributed by atoms with Crippen LogP contribution in [0.15, 0.2) is 36.4 Å². The summed E-state index contributed by atoms with van der Waals surface area (Å²) in [4.78, 5) is 39.3. The van der Waals surface area contributed by atoms with Gasteiger partial charge in [-0.25, -0.2) is 14.4 Å². The van der Waals surface area contributed by atoms with Gasteiger partial charge in [0.1, 0.15) is 0 Å². The zero-order chi connectivity index (χ0) is 27.4. The van der Waals surface area contributed by atoms with Crippen molar-refractivity contribution in [3.63, 3.8) is 0 Å². The van der Waals surface area contributed by atoms with Crippen LogP contribution in [-0.4, -0.2) is 115 Å². The molecule has 2 saturated heterocycles. The van der Waals surface area contributed by atoms with Gasteiger partial charge in [0, 0.05) is 83.3 Å².